The fourth-order valence-corrected chi connectivity index (χ4v) is 11.8. The number of ether oxygens (including phenoxy) is 1. The predicted octanol–water partition coefficient (Wildman–Crippen LogP) is 5.69. The number of carbonyl (C=O) groups excluding carboxylic acids is 2. The molecule has 0 radical (unpaired) electrons. The van der Waals surface area contributed by atoms with Crippen LogP contribution in [0.25, 0.3) is 6.08 Å². The predicted molar refractivity (Wildman–Crippen MR) is 231 cm³/mol. The molecule has 0 aromatic heterocycles. The molecule has 60 heavy (non-hydrogen) atoms. The summed E-state index contributed by atoms with van der Waals surface area (Å²) in [6, 6.07) is 13.6. The van der Waals surface area contributed by atoms with E-state index in [0.717, 1.165) is 55.3 Å². The van der Waals surface area contributed by atoms with Gasteiger partial charge in [0.2, 0.25) is 0 Å². The Kier molecular flexibility index (Phi) is 12.9. The van der Waals surface area contributed by atoms with Gasteiger partial charge < -0.3 is 41.5 Å². The zero-order chi connectivity index (χ0) is 42.0. The monoisotopic (exact) mass is 817 g/mol. The molecule has 1 saturated heterocycles. The zero-order valence-electron chi connectivity index (χ0n) is 34.9. The third-order valence-electron chi connectivity index (χ3n) is 15.2. The van der Waals surface area contributed by atoms with Gasteiger partial charge in [0.1, 0.15) is 11.2 Å². The molecule has 2 aromatic carbocycles. The molecule has 0 bridgehead atoms. The van der Waals surface area contributed by atoms with Gasteiger partial charge in [-0.25, -0.2) is 0 Å². The molecule has 0 amide bonds. The highest BCUT2D eigenvalue weighted by Gasteiger charge is 2.51. The summed E-state index contributed by atoms with van der Waals surface area (Å²) in [5.41, 5.74) is 8.33. The second-order valence-electron chi connectivity index (χ2n) is 18.6. The van der Waals surface area contributed by atoms with Crippen LogP contribution in [0.3, 0.4) is 0 Å². The molecule has 6 aliphatic rings. The van der Waals surface area contributed by atoms with Crippen molar-refractivity contribution in [1.82, 2.24) is 10.6 Å². The minimum atomic E-state index is -1.24. The molecule has 4 aliphatic carbocycles. The van der Waals surface area contributed by atoms with Gasteiger partial charge in [0.15, 0.2) is 17.3 Å². The molecule has 3 saturated carbocycles. The molecule has 10 nitrogen and oxygen atoms in total. The van der Waals surface area contributed by atoms with Crippen LogP contribution >= 0.6 is 0 Å². The van der Waals surface area contributed by atoms with Gasteiger partial charge in [0.25, 0.3) is 0 Å². The fourth-order valence-electron chi connectivity index (χ4n) is 11.8. The van der Waals surface area contributed by atoms with Gasteiger partial charge in [-0.05, 0) is 141 Å². The number of aliphatic hydroxyl groups excluding tert-OH is 3. The molecule has 12 atom stereocenters. The average molecular weight is 818 g/mol. The van der Waals surface area contributed by atoms with E-state index >= 15 is 0 Å². The van der Waals surface area contributed by atoms with E-state index in [1.807, 2.05) is 54.6 Å². The smallest absolute Gasteiger partial charge is 0.160 e. The Hall–Kier alpha value is -4.40. The summed E-state index contributed by atoms with van der Waals surface area (Å²) in [5, 5.41) is 53.4. The zero-order valence-corrected chi connectivity index (χ0v) is 34.9. The second kappa shape index (κ2) is 18.3. The third-order valence-corrected chi connectivity index (χ3v) is 15.2. The summed E-state index contributed by atoms with van der Waals surface area (Å²) in [6.45, 7) is 1.51. The van der Waals surface area contributed by atoms with E-state index in [1.54, 1.807) is 12.1 Å². The number of nitrogens with two attached hydrogens (primary N) is 1. The van der Waals surface area contributed by atoms with Crippen LogP contribution in [0.2, 0.25) is 0 Å². The van der Waals surface area contributed by atoms with Crippen LogP contribution in [-0.2, 0) is 16.0 Å². The number of fused-ring (bicyclic) bond motifs is 4. The molecule has 8 N–H and O–H groups in total. The SMILES string of the molecule is COc1cc2c(cc1O)C(CC(O)C(O)CC(C=Cc1ccccc1)C1=CCNC(N)=C1)C#CC1(CCC(C3CCC4C(CNC5CC(=O)CCC54)C3)CC1O)C(=O)CC2. The molecule has 2 aliphatic heterocycles. The number of phenols is 1. The largest absolute Gasteiger partial charge is 0.504 e. The lowest BCUT2D eigenvalue weighted by Crippen LogP contribution is -2.55. The number of benzene rings is 2. The number of methoxy groups -OCH3 is 1. The summed E-state index contributed by atoms with van der Waals surface area (Å²) in [4.78, 5) is 26.5. The van der Waals surface area contributed by atoms with Gasteiger partial charge in [-0.1, -0.05) is 60.4 Å². The number of carbonyl (C=O) groups is 2. The number of Topliss-reactive ketones (excluding diaryl/α,β-unsaturated/α-hetero) is 2. The number of allylic oxidation sites excluding steroid dienone is 3. The highest BCUT2D eigenvalue weighted by atomic mass is 16.5. The molecule has 12 unspecified atom stereocenters. The minimum absolute atomic E-state index is 0.0539. The average Bonchev–Trinajstić information content (AvgIpc) is 3.30. The van der Waals surface area contributed by atoms with Crippen molar-refractivity contribution in [2.75, 3.05) is 20.2 Å². The van der Waals surface area contributed by atoms with E-state index in [2.05, 4.69) is 22.5 Å². The van der Waals surface area contributed by atoms with E-state index in [-0.39, 0.29) is 42.5 Å². The summed E-state index contributed by atoms with van der Waals surface area (Å²) in [7, 11) is 1.48. The number of aliphatic hydroxyl groups is 3. The number of piperidine rings is 1. The minimum Gasteiger partial charge on any atom is -0.504 e. The summed E-state index contributed by atoms with van der Waals surface area (Å²) in [6.07, 6.45) is 13.1. The van der Waals surface area contributed by atoms with Crippen LogP contribution in [0.1, 0.15) is 99.7 Å². The summed E-state index contributed by atoms with van der Waals surface area (Å²) in [5.74, 6) is 9.50. The van der Waals surface area contributed by atoms with Crippen LogP contribution < -0.4 is 21.1 Å². The van der Waals surface area contributed by atoms with E-state index in [4.69, 9.17) is 10.5 Å². The summed E-state index contributed by atoms with van der Waals surface area (Å²) < 4.78 is 5.47. The Morgan fingerprint density at radius 1 is 0.983 bits per heavy atom. The van der Waals surface area contributed by atoms with E-state index < -0.39 is 29.6 Å². The van der Waals surface area contributed by atoms with Crippen molar-refractivity contribution in [3.05, 3.63) is 88.8 Å². The van der Waals surface area contributed by atoms with Crippen LogP contribution in [0.5, 0.6) is 11.5 Å². The van der Waals surface area contributed by atoms with Crippen LogP contribution in [0, 0.1) is 52.8 Å². The van der Waals surface area contributed by atoms with Crippen molar-refractivity contribution < 1.29 is 34.8 Å². The lowest BCUT2D eigenvalue weighted by Gasteiger charge is -2.51. The van der Waals surface area contributed by atoms with Crippen molar-refractivity contribution in [1.29, 1.82) is 0 Å². The maximum absolute atomic E-state index is 14.4. The highest BCUT2D eigenvalue weighted by Crippen LogP contribution is 2.51. The number of aromatic hydroxyl groups is 1. The van der Waals surface area contributed by atoms with Crippen molar-refractivity contribution >= 4 is 17.6 Å². The number of dihydropyridines is 1. The normalized spacial score (nSPS) is 33.2. The molecular formula is C50H63N3O7. The lowest BCUT2D eigenvalue weighted by atomic mass is 9.57. The second-order valence-corrected chi connectivity index (χ2v) is 18.6. The number of hydrogen-bond acceptors (Lipinski definition) is 10. The third kappa shape index (κ3) is 8.97. The molecule has 10 heteroatoms. The number of hydrogen-bond donors (Lipinski definition) is 7. The van der Waals surface area contributed by atoms with Gasteiger partial charge in [0.05, 0.1) is 31.2 Å². The summed E-state index contributed by atoms with van der Waals surface area (Å²) >= 11 is 0. The Morgan fingerprint density at radius 2 is 1.80 bits per heavy atom. The maximum Gasteiger partial charge on any atom is 0.160 e. The van der Waals surface area contributed by atoms with E-state index in [9.17, 15) is 30.0 Å². The molecule has 4 fully saturated rings. The Balaban J connectivity index is 1.01. The standard InChI is InChI=1S/C50H63N3O7/c1-60-46-24-35-10-14-47(58)50(18-15-33(25-48(50)59)31-9-12-39-37(21-31)29-53-42-27-38(54)11-13-40(39)42)19-16-36(41(35)28-45(46)57)23-44(56)43(55)22-32(34-17-20-52-49(51)26-34)8-7-30-5-3-2-4-6-30/h2-8,17,24,26,28,31-33,36-37,39-40,42-44,48,52-53,55-57,59H,9-15,18,20-23,25,27,29,51H2,1H3. The number of aryl methyl sites for hydroxylation is 1. The Bertz CT molecular complexity index is 2050. The van der Waals surface area contributed by atoms with Crippen molar-refractivity contribution in [3.63, 3.8) is 0 Å². The van der Waals surface area contributed by atoms with Gasteiger partial charge in [-0.15, -0.1) is 0 Å². The first kappa shape index (κ1) is 42.3. The molecule has 320 valence electrons. The highest BCUT2D eigenvalue weighted by molar-refractivity contribution is 5.89. The van der Waals surface area contributed by atoms with Gasteiger partial charge >= 0.3 is 0 Å². The van der Waals surface area contributed by atoms with Crippen molar-refractivity contribution in [2.24, 2.45) is 46.7 Å². The lowest BCUT2D eigenvalue weighted by molar-refractivity contribution is -0.135. The van der Waals surface area contributed by atoms with E-state index in [0.29, 0.717) is 91.4 Å². The Morgan fingerprint density at radius 3 is 2.58 bits per heavy atom. The van der Waals surface area contributed by atoms with Crippen molar-refractivity contribution in [3.8, 4) is 23.3 Å². The molecular weight excluding hydrogens is 755 g/mol. The molecule has 2 aromatic rings. The maximum atomic E-state index is 14.4. The number of rotatable bonds is 10. The van der Waals surface area contributed by atoms with Gasteiger partial charge in [-0.2, -0.15) is 0 Å². The first-order valence-corrected chi connectivity index (χ1v) is 22.4. The van der Waals surface area contributed by atoms with Crippen LogP contribution in [0.4, 0.5) is 0 Å². The van der Waals surface area contributed by atoms with E-state index in [1.165, 1.54) is 7.11 Å². The fraction of sp³-hybridized carbons (Fsp3) is 0.560. The molecule has 1 spiro atoms. The van der Waals surface area contributed by atoms with Crippen LogP contribution in [0.15, 0.2) is 72.1 Å². The Labute approximate surface area is 354 Å². The molecule has 8 rings (SSSR count). The van der Waals surface area contributed by atoms with Crippen molar-refractivity contribution in [2.45, 2.75) is 114 Å². The van der Waals surface area contributed by atoms with Gasteiger partial charge in [-0.3, -0.25) is 9.59 Å². The first-order chi connectivity index (χ1) is 29.0. The number of phenolic OH excluding ortho intramolecular Hbond substituents is 1. The number of ketones is 2. The molecule has 2 heterocycles. The first-order valence-electron chi connectivity index (χ1n) is 22.4. The quantitative estimate of drug-likeness (QED) is 0.148. The topological polar surface area (TPSA) is 174 Å². The van der Waals surface area contributed by atoms with Crippen LogP contribution in [-0.4, -0.2) is 76.5 Å². The van der Waals surface area contributed by atoms with Gasteiger partial charge in [0, 0.05) is 43.7 Å². The number of nitrogens with one attached hydrogen (secondary N) is 2.